The van der Waals surface area contributed by atoms with Crippen LogP contribution in [0.15, 0.2) is 12.1 Å². The molecule has 4 heteroatoms. The van der Waals surface area contributed by atoms with Crippen LogP contribution in [-0.4, -0.2) is 22.2 Å². The fourth-order valence-corrected chi connectivity index (χ4v) is 4.87. The zero-order valence-corrected chi connectivity index (χ0v) is 22.0. The third-order valence-electron chi connectivity index (χ3n) is 6.93. The van der Waals surface area contributed by atoms with Gasteiger partial charge in [0.05, 0.1) is 11.1 Å². The zero-order chi connectivity index (χ0) is 25.0. The maximum Gasteiger partial charge on any atom is 0.336 e. The number of benzene rings is 1. The highest BCUT2D eigenvalue weighted by Gasteiger charge is 2.22. The summed E-state index contributed by atoms with van der Waals surface area (Å²) in [6, 6.07) is 3.36. The molecule has 0 aliphatic carbocycles. The van der Waals surface area contributed by atoms with Crippen molar-refractivity contribution in [1.82, 2.24) is 0 Å². The first-order valence-electron chi connectivity index (χ1n) is 14.1. The standard InChI is InChI=1S/C30H50O4/c1-3-5-7-9-11-13-14-15-17-19-21-25-23-24-27(29(31)32)28(30(33)34)26(25)22-20-18-16-12-10-8-6-4-2/h23-24H,3-22H2,1-2H3,(H,31,32)(H,33,34). The van der Waals surface area contributed by atoms with Crippen molar-refractivity contribution >= 4 is 11.9 Å². The molecule has 1 rings (SSSR count). The average Bonchev–Trinajstić information content (AvgIpc) is 2.81. The summed E-state index contributed by atoms with van der Waals surface area (Å²) in [6.45, 7) is 4.47. The van der Waals surface area contributed by atoms with Gasteiger partial charge in [-0.3, -0.25) is 0 Å². The van der Waals surface area contributed by atoms with Crippen LogP contribution in [0, 0.1) is 0 Å². The van der Waals surface area contributed by atoms with E-state index >= 15 is 0 Å². The molecule has 0 radical (unpaired) electrons. The van der Waals surface area contributed by atoms with Crippen molar-refractivity contribution in [3.8, 4) is 0 Å². The second kappa shape index (κ2) is 19.5. The molecule has 0 aliphatic rings. The van der Waals surface area contributed by atoms with E-state index in [-0.39, 0.29) is 11.1 Å². The van der Waals surface area contributed by atoms with Gasteiger partial charge in [0, 0.05) is 0 Å². The van der Waals surface area contributed by atoms with Crippen LogP contribution in [0.3, 0.4) is 0 Å². The van der Waals surface area contributed by atoms with Gasteiger partial charge >= 0.3 is 11.9 Å². The molecule has 4 nitrogen and oxygen atoms in total. The molecule has 0 aliphatic heterocycles. The summed E-state index contributed by atoms with van der Waals surface area (Å²) in [4.78, 5) is 23.7. The smallest absolute Gasteiger partial charge is 0.336 e. The van der Waals surface area contributed by atoms with Gasteiger partial charge in [-0.25, -0.2) is 9.59 Å². The fraction of sp³-hybridized carbons (Fsp3) is 0.733. The maximum absolute atomic E-state index is 12.0. The molecule has 0 atom stereocenters. The Bertz CT molecular complexity index is 695. The van der Waals surface area contributed by atoms with E-state index in [1.807, 2.05) is 6.07 Å². The quantitative estimate of drug-likeness (QED) is 0.164. The molecule has 34 heavy (non-hydrogen) atoms. The summed E-state index contributed by atoms with van der Waals surface area (Å²) in [5.41, 5.74) is 1.73. The SMILES string of the molecule is CCCCCCCCCCCCc1ccc(C(=O)O)c(C(=O)O)c1CCCCCCCCCC. The van der Waals surface area contributed by atoms with Crippen LogP contribution in [0.25, 0.3) is 0 Å². The Morgan fingerprint density at radius 2 is 0.971 bits per heavy atom. The summed E-state index contributed by atoms with van der Waals surface area (Å²) < 4.78 is 0. The van der Waals surface area contributed by atoms with E-state index in [4.69, 9.17) is 0 Å². The predicted octanol–water partition coefficient (Wildman–Crippen LogP) is 9.23. The van der Waals surface area contributed by atoms with Crippen molar-refractivity contribution < 1.29 is 19.8 Å². The highest BCUT2D eigenvalue weighted by Crippen LogP contribution is 2.25. The number of aryl methyl sites for hydroxylation is 1. The third kappa shape index (κ3) is 12.6. The molecule has 0 bridgehead atoms. The Balaban J connectivity index is 2.59. The second-order valence-electron chi connectivity index (χ2n) is 9.89. The normalized spacial score (nSPS) is 11.1. The molecule has 0 fully saturated rings. The summed E-state index contributed by atoms with van der Waals surface area (Å²) >= 11 is 0. The van der Waals surface area contributed by atoms with Crippen LogP contribution in [-0.2, 0) is 12.8 Å². The molecule has 0 saturated heterocycles. The molecule has 1 aromatic carbocycles. The van der Waals surface area contributed by atoms with Gasteiger partial charge in [-0.15, -0.1) is 0 Å². The minimum absolute atomic E-state index is 0.0139. The third-order valence-corrected chi connectivity index (χ3v) is 6.93. The number of carboxylic acid groups (broad SMARTS) is 2. The van der Waals surface area contributed by atoms with E-state index in [0.29, 0.717) is 6.42 Å². The van der Waals surface area contributed by atoms with Crippen LogP contribution >= 0.6 is 0 Å². The van der Waals surface area contributed by atoms with Crippen molar-refractivity contribution in [3.63, 3.8) is 0 Å². The minimum atomic E-state index is -1.15. The van der Waals surface area contributed by atoms with E-state index < -0.39 is 11.9 Å². The molecule has 2 N–H and O–H groups in total. The maximum atomic E-state index is 12.0. The molecule has 194 valence electrons. The Kier molecular flexibility index (Phi) is 17.3. The lowest BCUT2D eigenvalue weighted by Gasteiger charge is -2.15. The molecule has 0 saturated carbocycles. The van der Waals surface area contributed by atoms with Gasteiger partial charge in [0.25, 0.3) is 0 Å². The Labute approximate surface area is 208 Å². The summed E-state index contributed by atoms with van der Waals surface area (Å²) in [5, 5.41) is 19.4. The molecule has 0 unspecified atom stereocenters. The monoisotopic (exact) mass is 474 g/mol. The van der Waals surface area contributed by atoms with Gasteiger partial charge in [0.15, 0.2) is 0 Å². The number of rotatable bonds is 22. The fourth-order valence-electron chi connectivity index (χ4n) is 4.87. The number of aromatic carboxylic acids is 2. The molecule has 0 heterocycles. The molecular weight excluding hydrogens is 424 g/mol. The van der Waals surface area contributed by atoms with Crippen molar-refractivity contribution in [2.24, 2.45) is 0 Å². The van der Waals surface area contributed by atoms with E-state index in [9.17, 15) is 19.8 Å². The van der Waals surface area contributed by atoms with E-state index in [1.165, 1.54) is 96.0 Å². The van der Waals surface area contributed by atoms with Gasteiger partial charge in [0.2, 0.25) is 0 Å². The summed E-state index contributed by atoms with van der Waals surface area (Å²) in [7, 11) is 0. The topological polar surface area (TPSA) is 74.6 Å². The highest BCUT2D eigenvalue weighted by atomic mass is 16.4. The Hall–Kier alpha value is -1.84. The van der Waals surface area contributed by atoms with Crippen LogP contribution in [0.2, 0.25) is 0 Å². The first kappa shape index (κ1) is 30.2. The lowest BCUT2D eigenvalue weighted by molar-refractivity contribution is 0.0650. The first-order chi connectivity index (χ1) is 16.5. The lowest BCUT2D eigenvalue weighted by Crippen LogP contribution is -2.14. The molecule has 0 aromatic heterocycles. The Morgan fingerprint density at radius 1 is 0.559 bits per heavy atom. The van der Waals surface area contributed by atoms with Crippen molar-refractivity contribution in [3.05, 3.63) is 34.4 Å². The largest absolute Gasteiger partial charge is 0.478 e. The number of hydrogen-bond acceptors (Lipinski definition) is 2. The second-order valence-corrected chi connectivity index (χ2v) is 9.89. The Morgan fingerprint density at radius 3 is 1.38 bits per heavy atom. The van der Waals surface area contributed by atoms with Gasteiger partial charge in [0.1, 0.15) is 0 Å². The first-order valence-corrected chi connectivity index (χ1v) is 14.1. The van der Waals surface area contributed by atoms with Crippen molar-refractivity contribution in [2.45, 2.75) is 142 Å². The lowest BCUT2D eigenvalue weighted by atomic mass is 9.89. The number of hydrogen-bond donors (Lipinski definition) is 2. The highest BCUT2D eigenvalue weighted by molar-refractivity contribution is 6.03. The number of carboxylic acids is 2. The van der Waals surface area contributed by atoms with E-state index in [0.717, 1.165) is 43.2 Å². The van der Waals surface area contributed by atoms with Gasteiger partial charge < -0.3 is 10.2 Å². The van der Waals surface area contributed by atoms with Crippen molar-refractivity contribution in [1.29, 1.82) is 0 Å². The van der Waals surface area contributed by atoms with Gasteiger partial charge in [-0.1, -0.05) is 123 Å². The molecule has 0 spiro atoms. The number of unbranched alkanes of at least 4 members (excludes halogenated alkanes) is 16. The van der Waals surface area contributed by atoms with E-state index in [2.05, 4.69) is 13.8 Å². The zero-order valence-electron chi connectivity index (χ0n) is 22.0. The van der Waals surface area contributed by atoms with Crippen molar-refractivity contribution in [2.75, 3.05) is 0 Å². The molecule has 0 amide bonds. The predicted molar refractivity (Wildman–Crippen MR) is 142 cm³/mol. The molecule has 1 aromatic rings. The summed E-state index contributed by atoms with van der Waals surface area (Å²) in [5.74, 6) is -2.27. The van der Waals surface area contributed by atoms with Crippen LogP contribution in [0.5, 0.6) is 0 Å². The van der Waals surface area contributed by atoms with Gasteiger partial charge in [-0.05, 0) is 42.9 Å². The minimum Gasteiger partial charge on any atom is -0.478 e. The summed E-state index contributed by atoms with van der Waals surface area (Å²) in [6.07, 6.45) is 23.7. The van der Waals surface area contributed by atoms with Crippen LogP contribution in [0.1, 0.15) is 161 Å². The molecular formula is C30H50O4. The van der Waals surface area contributed by atoms with E-state index in [1.54, 1.807) is 0 Å². The van der Waals surface area contributed by atoms with Crippen LogP contribution < -0.4 is 0 Å². The van der Waals surface area contributed by atoms with Crippen LogP contribution in [0.4, 0.5) is 0 Å². The average molecular weight is 475 g/mol. The van der Waals surface area contributed by atoms with Gasteiger partial charge in [-0.2, -0.15) is 0 Å². The number of carbonyl (C=O) groups is 2.